The largest absolute Gasteiger partial charge is 0.494 e. The fraction of sp³-hybridized carbons (Fsp3) is 0.639. The number of unbranched alkanes of at least 4 members (excludes halogenated alkanes) is 8. The summed E-state index contributed by atoms with van der Waals surface area (Å²) in [6.45, 7) is 6.02. The Morgan fingerprint density at radius 2 is 1.10 bits per heavy atom. The normalized spacial score (nSPS) is 16.9. The van der Waals surface area contributed by atoms with Gasteiger partial charge in [0.1, 0.15) is 17.2 Å². The summed E-state index contributed by atoms with van der Waals surface area (Å²) < 4.78 is 17.4. The Bertz CT molecular complexity index is 919. The van der Waals surface area contributed by atoms with Crippen LogP contribution < -0.4 is 14.2 Å². The van der Waals surface area contributed by atoms with Gasteiger partial charge in [-0.1, -0.05) is 104 Å². The van der Waals surface area contributed by atoms with Crippen molar-refractivity contribution in [2.45, 2.75) is 123 Å². The number of ether oxygens (including phenoxy) is 3. The lowest BCUT2D eigenvalue weighted by Crippen LogP contribution is -2.20. The monoisotopic (exact) mass is 550 g/mol. The molecule has 0 bridgehead atoms. The van der Waals surface area contributed by atoms with Crippen LogP contribution in [-0.4, -0.2) is 19.2 Å². The Hall–Kier alpha value is -2.49. The Balaban J connectivity index is 1.28. The zero-order valence-electron chi connectivity index (χ0n) is 25.3. The first kappa shape index (κ1) is 32.0. The van der Waals surface area contributed by atoms with Gasteiger partial charge in [0.05, 0.1) is 18.8 Å². The molecule has 2 unspecified atom stereocenters. The smallest absolute Gasteiger partial charge is 0.343 e. The third-order valence-corrected chi connectivity index (χ3v) is 8.35. The molecule has 0 spiro atoms. The maximum Gasteiger partial charge on any atom is 0.343 e. The zero-order valence-corrected chi connectivity index (χ0v) is 25.3. The van der Waals surface area contributed by atoms with E-state index < -0.39 is 0 Å². The minimum Gasteiger partial charge on any atom is -0.494 e. The van der Waals surface area contributed by atoms with Gasteiger partial charge < -0.3 is 14.2 Å². The average Bonchev–Trinajstić information content (AvgIpc) is 2.98. The molecule has 222 valence electrons. The molecule has 0 saturated heterocycles. The molecule has 2 atom stereocenters. The molecule has 2 aromatic rings. The average molecular weight is 551 g/mol. The standard InChI is InChI=1S/C36H54O4/c1-3-5-6-7-8-9-10-11-14-28-38-33-22-20-32(21-23-33)36(37)40-35-26-24-34(25-27-35)39-29-15-19-31-18-13-12-17-30(31)16-4-2/h20-27,30-31H,3-19,28-29H2,1-2H3. The Morgan fingerprint density at radius 1 is 0.600 bits per heavy atom. The van der Waals surface area contributed by atoms with Crippen molar-refractivity contribution in [1.29, 1.82) is 0 Å². The van der Waals surface area contributed by atoms with Crippen molar-refractivity contribution >= 4 is 5.97 Å². The molecule has 1 aliphatic carbocycles. The van der Waals surface area contributed by atoms with Crippen molar-refractivity contribution < 1.29 is 19.0 Å². The second kappa shape index (κ2) is 19.6. The number of carbonyl (C=O) groups excluding carboxylic acids is 1. The number of hydrogen-bond donors (Lipinski definition) is 0. The predicted molar refractivity (Wildman–Crippen MR) is 166 cm³/mol. The molecular formula is C36H54O4. The molecule has 0 amide bonds. The van der Waals surface area contributed by atoms with Crippen molar-refractivity contribution in [2.24, 2.45) is 11.8 Å². The molecule has 1 aliphatic rings. The third kappa shape index (κ3) is 12.4. The van der Waals surface area contributed by atoms with Crippen LogP contribution in [0.4, 0.5) is 0 Å². The van der Waals surface area contributed by atoms with Crippen molar-refractivity contribution in [3.05, 3.63) is 54.1 Å². The van der Waals surface area contributed by atoms with Crippen LogP contribution in [0.5, 0.6) is 17.2 Å². The highest BCUT2D eigenvalue weighted by molar-refractivity contribution is 5.91. The van der Waals surface area contributed by atoms with E-state index in [-0.39, 0.29) is 5.97 Å². The number of hydrogen-bond acceptors (Lipinski definition) is 4. The number of benzene rings is 2. The van der Waals surface area contributed by atoms with Crippen LogP contribution in [0.3, 0.4) is 0 Å². The molecular weight excluding hydrogens is 496 g/mol. The zero-order chi connectivity index (χ0) is 28.3. The highest BCUT2D eigenvalue weighted by Gasteiger charge is 2.23. The quantitative estimate of drug-likeness (QED) is 0.0934. The predicted octanol–water partition coefficient (Wildman–Crippen LogP) is 10.6. The van der Waals surface area contributed by atoms with Gasteiger partial charge >= 0.3 is 5.97 Å². The molecule has 3 rings (SSSR count). The molecule has 0 N–H and O–H groups in total. The van der Waals surface area contributed by atoms with Crippen LogP contribution >= 0.6 is 0 Å². The maximum atomic E-state index is 12.6. The molecule has 2 aromatic carbocycles. The summed E-state index contributed by atoms with van der Waals surface area (Å²) in [5.41, 5.74) is 0.514. The molecule has 0 aromatic heterocycles. The van der Waals surface area contributed by atoms with Gasteiger partial charge in [-0.05, 0) is 79.6 Å². The minimum absolute atomic E-state index is 0.367. The Labute approximate surface area is 244 Å². The topological polar surface area (TPSA) is 44.8 Å². The van der Waals surface area contributed by atoms with Crippen molar-refractivity contribution in [2.75, 3.05) is 13.2 Å². The lowest BCUT2D eigenvalue weighted by atomic mass is 9.75. The summed E-state index contributed by atoms with van der Waals surface area (Å²) in [7, 11) is 0. The van der Waals surface area contributed by atoms with Crippen molar-refractivity contribution in [3.8, 4) is 17.2 Å². The van der Waals surface area contributed by atoms with E-state index in [4.69, 9.17) is 14.2 Å². The minimum atomic E-state index is -0.367. The van der Waals surface area contributed by atoms with Gasteiger partial charge in [0.25, 0.3) is 0 Å². The lowest BCUT2D eigenvalue weighted by molar-refractivity contribution is 0.0734. The van der Waals surface area contributed by atoms with Gasteiger partial charge in [-0.3, -0.25) is 0 Å². The van der Waals surface area contributed by atoms with E-state index in [1.165, 1.54) is 96.3 Å². The second-order valence-electron chi connectivity index (χ2n) is 11.6. The first-order chi connectivity index (χ1) is 19.7. The first-order valence-corrected chi connectivity index (χ1v) is 16.4. The lowest BCUT2D eigenvalue weighted by Gasteiger charge is -2.31. The molecule has 0 heterocycles. The Kier molecular flexibility index (Phi) is 15.7. The fourth-order valence-electron chi connectivity index (χ4n) is 6.01. The van der Waals surface area contributed by atoms with Gasteiger partial charge in [-0.15, -0.1) is 0 Å². The van der Waals surface area contributed by atoms with E-state index in [9.17, 15) is 4.79 Å². The molecule has 0 radical (unpaired) electrons. The van der Waals surface area contributed by atoms with E-state index in [0.29, 0.717) is 17.9 Å². The highest BCUT2D eigenvalue weighted by atomic mass is 16.5. The van der Waals surface area contributed by atoms with E-state index >= 15 is 0 Å². The van der Waals surface area contributed by atoms with Crippen LogP contribution in [0.15, 0.2) is 48.5 Å². The highest BCUT2D eigenvalue weighted by Crippen LogP contribution is 2.36. The van der Waals surface area contributed by atoms with Crippen LogP contribution in [0.2, 0.25) is 0 Å². The number of carbonyl (C=O) groups is 1. The Morgan fingerprint density at radius 3 is 1.70 bits per heavy atom. The van der Waals surface area contributed by atoms with E-state index in [1.807, 2.05) is 24.3 Å². The van der Waals surface area contributed by atoms with E-state index in [0.717, 1.165) is 42.8 Å². The van der Waals surface area contributed by atoms with E-state index in [1.54, 1.807) is 24.3 Å². The van der Waals surface area contributed by atoms with Crippen LogP contribution in [0.1, 0.15) is 133 Å². The maximum absolute atomic E-state index is 12.6. The summed E-state index contributed by atoms with van der Waals surface area (Å²) in [5, 5.41) is 0. The van der Waals surface area contributed by atoms with Crippen molar-refractivity contribution in [1.82, 2.24) is 0 Å². The van der Waals surface area contributed by atoms with Gasteiger partial charge in [0.2, 0.25) is 0 Å². The molecule has 40 heavy (non-hydrogen) atoms. The molecule has 4 heteroatoms. The summed E-state index contributed by atoms with van der Waals surface area (Å²) in [4.78, 5) is 12.6. The summed E-state index contributed by atoms with van der Waals surface area (Å²) >= 11 is 0. The molecule has 4 nitrogen and oxygen atoms in total. The molecule has 1 saturated carbocycles. The van der Waals surface area contributed by atoms with Crippen LogP contribution in [-0.2, 0) is 0 Å². The summed E-state index contributed by atoms with van der Waals surface area (Å²) in [6, 6.07) is 14.6. The third-order valence-electron chi connectivity index (χ3n) is 8.35. The molecule has 0 aliphatic heterocycles. The summed E-state index contributed by atoms with van der Waals surface area (Å²) in [6.07, 6.45) is 22.3. The van der Waals surface area contributed by atoms with Gasteiger partial charge in [-0.25, -0.2) is 4.79 Å². The van der Waals surface area contributed by atoms with Gasteiger partial charge in [0.15, 0.2) is 0 Å². The fourth-order valence-corrected chi connectivity index (χ4v) is 6.01. The van der Waals surface area contributed by atoms with Crippen molar-refractivity contribution in [3.63, 3.8) is 0 Å². The first-order valence-electron chi connectivity index (χ1n) is 16.4. The van der Waals surface area contributed by atoms with Crippen LogP contribution in [0, 0.1) is 11.8 Å². The van der Waals surface area contributed by atoms with Gasteiger partial charge in [0, 0.05) is 0 Å². The molecule has 1 fully saturated rings. The second-order valence-corrected chi connectivity index (χ2v) is 11.6. The van der Waals surface area contributed by atoms with Crippen LogP contribution in [0.25, 0.3) is 0 Å². The SMILES string of the molecule is CCCCCCCCCCCOc1ccc(C(=O)Oc2ccc(OCCCC3CCCCC3CCC)cc2)cc1. The number of esters is 1. The summed E-state index contributed by atoms with van der Waals surface area (Å²) in [5.74, 6) is 3.56. The van der Waals surface area contributed by atoms with E-state index in [2.05, 4.69) is 13.8 Å². The van der Waals surface area contributed by atoms with Gasteiger partial charge in [-0.2, -0.15) is 0 Å². The number of rotatable bonds is 20.